The van der Waals surface area contributed by atoms with Crippen LogP contribution in [0.1, 0.15) is 53.5 Å². The van der Waals surface area contributed by atoms with E-state index in [1.807, 2.05) is 24.1 Å². The smallest absolute Gasteiger partial charge is 0.275 e. The van der Waals surface area contributed by atoms with E-state index < -0.39 is 5.82 Å². The van der Waals surface area contributed by atoms with Crippen molar-refractivity contribution in [3.8, 4) is 0 Å². The molecule has 2 fully saturated rings. The van der Waals surface area contributed by atoms with Crippen LogP contribution < -0.4 is 4.90 Å². The lowest BCUT2D eigenvalue weighted by Crippen LogP contribution is -2.39. The minimum Gasteiger partial charge on any atom is -0.354 e. The van der Waals surface area contributed by atoms with E-state index in [2.05, 4.69) is 26.8 Å². The lowest BCUT2D eigenvalue weighted by atomic mass is 9.98. The first-order valence-electron chi connectivity index (χ1n) is 12.0. The van der Waals surface area contributed by atoms with Gasteiger partial charge in [-0.2, -0.15) is 10.2 Å². The van der Waals surface area contributed by atoms with Crippen molar-refractivity contribution in [1.29, 1.82) is 0 Å². The third kappa shape index (κ3) is 3.73. The van der Waals surface area contributed by atoms with Crippen LogP contribution in [0.4, 0.5) is 10.2 Å². The zero-order chi connectivity index (χ0) is 24.1. The maximum absolute atomic E-state index is 13.9. The summed E-state index contributed by atoms with van der Waals surface area (Å²) in [4.78, 5) is 26.7. The van der Waals surface area contributed by atoms with Crippen molar-refractivity contribution in [3.05, 3.63) is 53.2 Å². The van der Waals surface area contributed by atoms with Crippen LogP contribution in [0.25, 0.3) is 16.6 Å². The van der Waals surface area contributed by atoms with E-state index in [-0.39, 0.29) is 23.7 Å². The molecule has 0 spiro atoms. The molecule has 1 N–H and O–H groups in total. The van der Waals surface area contributed by atoms with Crippen LogP contribution in [0.15, 0.2) is 35.5 Å². The molecule has 2 aliphatic heterocycles. The van der Waals surface area contributed by atoms with Gasteiger partial charge in [-0.1, -0.05) is 0 Å². The van der Waals surface area contributed by atoms with Gasteiger partial charge in [0, 0.05) is 42.8 Å². The highest BCUT2D eigenvalue weighted by atomic mass is 19.1. The van der Waals surface area contributed by atoms with E-state index >= 15 is 0 Å². The predicted octanol–water partition coefficient (Wildman–Crippen LogP) is 3.70. The average Bonchev–Trinajstić information content (AvgIpc) is 3.60. The Morgan fingerprint density at radius 3 is 2.94 bits per heavy atom. The Kier molecular flexibility index (Phi) is 5.23. The molecule has 2 atom stereocenters. The maximum Gasteiger partial charge on any atom is 0.275 e. The van der Waals surface area contributed by atoms with Crippen molar-refractivity contribution in [2.45, 2.75) is 44.7 Å². The number of carbonyl (C=O) groups is 1. The second kappa shape index (κ2) is 8.44. The number of halogens is 1. The van der Waals surface area contributed by atoms with Crippen LogP contribution in [0.3, 0.4) is 0 Å². The predicted molar refractivity (Wildman–Crippen MR) is 132 cm³/mol. The molecule has 1 aromatic carbocycles. The first kappa shape index (κ1) is 21.7. The fourth-order valence-electron chi connectivity index (χ4n) is 5.35. The minimum atomic E-state index is -0.395. The van der Waals surface area contributed by atoms with Crippen LogP contribution in [-0.4, -0.2) is 68.0 Å². The number of rotatable bonds is 4. The molecular weight excluding hydrogens is 447 g/mol. The topological polar surface area (TPSA) is 94.8 Å². The standard InChI is InChI=1S/C25H27FN8O/c1-15-13-34-22(28-24(15)32-10-8-17(14-32)27-2)12-20(31-34)21-5-3-4-9-33(21)25(35)23-18-11-16(26)6-7-19(18)29-30-23/h6-7,11-13,17,21H,2-5,8-10,14H2,1H3,(H,29,30)/t17-,21-/m0/s1. The van der Waals surface area contributed by atoms with Crippen LogP contribution in [-0.2, 0) is 0 Å². The van der Waals surface area contributed by atoms with E-state index in [0.717, 1.165) is 61.5 Å². The number of aryl methyl sites for hydroxylation is 1. The molecule has 180 valence electrons. The third-order valence-electron chi connectivity index (χ3n) is 7.18. The maximum atomic E-state index is 13.9. The number of fused-ring (bicyclic) bond motifs is 2. The van der Waals surface area contributed by atoms with Crippen molar-refractivity contribution in [2.24, 2.45) is 4.99 Å². The summed E-state index contributed by atoms with van der Waals surface area (Å²) in [5.41, 5.74) is 3.48. The molecule has 4 aromatic rings. The molecule has 35 heavy (non-hydrogen) atoms. The molecule has 9 nitrogen and oxygen atoms in total. The zero-order valence-corrected chi connectivity index (χ0v) is 19.6. The summed E-state index contributed by atoms with van der Waals surface area (Å²) < 4.78 is 15.7. The Morgan fingerprint density at radius 1 is 1.23 bits per heavy atom. The van der Waals surface area contributed by atoms with Gasteiger partial charge in [-0.3, -0.25) is 14.9 Å². The molecule has 0 radical (unpaired) electrons. The molecule has 2 saturated heterocycles. The van der Waals surface area contributed by atoms with Crippen LogP contribution >= 0.6 is 0 Å². The molecule has 0 aliphatic carbocycles. The van der Waals surface area contributed by atoms with Gasteiger partial charge >= 0.3 is 0 Å². The van der Waals surface area contributed by atoms with E-state index in [0.29, 0.717) is 17.4 Å². The number of carbonyl (C=O) groups excluding carboxylic acids is 1. The number of nitrogens with zero attached hydrogens (tertiary/aromatic N) is 7. The zero-order valence-electron chi connectivity index (χ0n) is 19.6. The molecule has 1 amide bonds. The number of hydrogen-bond acceptors (Lipinski definition) is 6. The Morgan fingerprint density at radius 2 is 2.11 bits per heavy atom. The number of aliphatic imine (C=N–C) groups is 1. The summed E-state index contributed by atoms with van der Waals surface area (Å²) in [6.45, 7) is 8.05. The van der Waals surface area contributed by atoms with Gasteiger partial charge in [-0.15, -0.1) is 0 Å². The SMILES string of the molecule is C=N[C@H]1CCN(c2nc3cc([C@@H]4CCCCN4C(=O)c4n[nH]c5ccc(F)cc45)nn3cc2C)C1. The molecule has 3 aromatic heterocycles. The van der Waals surface area contributed by atoms with Crippen LogP contribution in [0.2, 0.25) is 0 Å². The third-order valence-corrected chi connectivity index (χ3v) is 7.18. The van der Waals surface area contributed by atoms with Crippen molar-refractivity contribution in [2.75, 3.05) is 24.5 Å². The van der Waals surface area contributed by atoms with Gasteiger partial charge in [0.25, 0.3) is 5.91 Å². The van der Waals surface area contributed by atoms with Gasteiger partial charge in [-0.25, -0.2) is 13.9 Å². The average molecular weight is 475 g/mol. The largest absolute Gasteiger partial charge is 0.354 e. The number of aromatic nitrogens is 5. The van der Waals surface area contributed by atoms with E-state index in [4.69, 9.17) is 10.1 Å². The minimum absolute atomic E-state index is 0.192. The fraction of sp³-hybridized carbons (Fsp3) is 0.400. The molecule has 2 aliphatic rings. The van der Waals surface area contributed by atoms with Gasteiger partial charge in [0.15, 0.2) is 11.3 Å². The van der Waals surface area contributed by atoms with E-state index in [1.165, 1.54) is 12.1 Å². The fourth-order valence-corrected chi connectivity index (χ4v) is 5.35. The Balaban J connectivity index is 1.33. The van der Waals surface area contributed by atoms with Crippen molar-refractivity contribution in [1.82, 2.24) is 29.7 Å². The molecule has 5 heterocycles. The summed E-state index contributed by atoms with van der Waals surface area (Å²) in [7, 11) is 0. The number of benzene rings is 1. The molecule has 0 bridgehead atoms. The summed E-state index contributed by atoms with van der Waals surface area (Å²) >= 11 is 0. The number of anilines is 1. The number of aromatic amines is 1. The Bertz CT molecular complexity index is 1440. The second-order valence-corrected chi connectivity index (χ2v) is 9.46. The highest BCUT2D eigenvalue weighted by Gasteiger charge is 2.33. The molecule has 0 unspecified atom stereocenters. The number of nitrogens with one attached hydrogen (secondary N) is 1. The molecule has 10 heteroatoms. The van der Waals surface area contributed by atoms with Gasteiger partial charge in [0.05, 0.1) is 23.3 Å². The van der Waals surface area contributed by atoms with Crippen molar-refractivity contribution >= 4 is 35.0 Å². The van der Waals surface area contributed by atoms with Gasteiger partial charge in [0.2, 0.25) is 0 Å². The summed E-state index contributed by atoms with van der Waals surface area (Å²) in [6, 6.07) is 6.33. The number of H-pyrrole nitrogens is 1. The number of likely N-dealkylation sites (tertiary alicyclic amines) is 1. The highest BCUT2D eigenvalue weighted by Crippen LogP contribution is 2.33. The Labute approximate surface area is 201 Å². The Hall–Kier alpha value is -3.82. The first-order valence-corrected chi connectivity index (χ1v) is 12.0. The number of hydrogen-bond donors (Lipinski definition) is 1. The summed E-state index contributed by atoms with van der Waals surface area (Å²) in [5, 5.41) is 12.4. The lowest BCUT2D eigenvalue weighted by Gasteiger charge is -2.34. The number of piperidine rings is 1. The molecular formula is C25H27FN8O. The monoisotopic (exact) mass is 474 g/mol. The number of amides is 1. The summed E-state index contributed by atoms with van der Waals surface area (Å²) in [5.74, 6) is 0.333. The molecule has 6 rings (SSSR count). The highest BCUT2D eigenvalue weighted by molar-refractivity contribution is 6.04. The van der Waals surface area contributed by atoms with Gasteiger partial charge in [-0.05, 0) is 57.5 Å². The summed E-state index contributed by atoms with van der Waals surface area (Å²) in [6.07, 6.45) is 5.68. The van der Waals surface area contributed by atoms with Gasteiger partial charge < -0.3 is 9.80 Å². The van der Waals surface area contributed by atoms with Crippen LogP contribution in [0.5, 0.6) is 0 Å². The normalized spacial score (nSPS) is 20.7. The van der Waals surface area contributed by atoms with Crippen LogP contribution in [0, 0.1) is 12.7 Å². The quantitative estimate of drug-likeness (QED) is 0.455. The molecule has 0 saturated carbocycles. The lowest BCUT2D eigenvalue weighted by molar-refractivity contribution is 0.0601. The second-order valence-electron chi connectivity index (χ2n) is 9.46. The van der Waals surface area contributed by atoms with Crippen molar-refractivity contribution < 1.29 is 9.18 Å². The van der Waals surface area contributed by atoms with Crippen molar-refractivity contribution in [3.63, 3.8) is 0 Å². The van der Waals surface area contributed by atoms with Gasteiger partial charge in [0.1, 0.15) is 11.6 Å². The van der Waals surface area contributed by atoms with E-state index in [1.54, 1.807) is 10.6 Å². The van der Waals surface area contributed by atoms with E-state index in [9.17, 15) is 9.18 Å². The first-order chi connectivity index (χ1) is 17.0.